The SMILES string of the molecule is COc1ccc(C=NNC(=O)[C@@H](C)n2nnc3ccccc32)cc1. The van der Waals surface area contributed by atoms with Crippen molar-refractivity contribution < 1.29 is 9.53 Å². The fourth-order valence-corrected chi connectivity index (χ4v) is 2.24. The van der Waals surface area contributed by atoms with Gasteiger partial charge >= 0.3 is 0 Å². The molecule has 2 aromatic carbocycles. The molecule has 1 atom stereocenters. The highest BCUT2D eigenvalue weighted by Gasteiger charge is 2.17. The van der Waals surface area contributed by atoms with Crippen molar-refractivity contribution in [2.24, 2.45) is 5.10 Å². The summed E-state index contributed by atoms with van der Waals surface area (Å²) in [6.07, 6.45) is 1.57. The van der Waals surface area contributed by atoms with Crippen LogP contribution in [0, 0.1) is 0 Å². The highest BCUT2D eigenvalue weighted by molar-refractivity contribution is 5.85. The minimum absolute atomic E-state index is 0.268. The molecule has 1 amide bonds. The number of aromatic nitrogens is 3. The summed E-state index contributed by atoms with van der Waals surface area (Å²) >= 11 is 0. The Morgan fingerprint density at radius 3 is 2.75 bits per heavy atom. The van der Waals surface area contributed by atoms with Gasteiger partial charge in [-0.3, -0.25) is 4.79 Å². The number of benzene rings is 2. The molecule has 0 aliphatic heterocycles. The lowest BCUT2D eigenvalue weighted by molar-refractivity contribution is -0.124. The van der Waals surface area contributed by atoms with Gasteiger partial charge in [-0.15, -0.1) is 5.10 Å². The zero-order chi connectivity index (χ0) is 16.9. The average Bonchev–Trinajstić information content (AvgIpc) is 3.05. The number of hydrogen-bond donors (Lipinski definition) is 1. The van der Waals surface area contributed by atoms with E-state index in [2.05, 4.69) is 20.8 Å². The zero-order valence-electron chi connectivity index (χ0n) is 13.4. The Morgan fingerprint density at radius 2 is 2.00 bits per heavy atom. The van der Waals surface area contributed by atoms with Crippen LogP contribution in [-0.4, -0.2) is 34.2 Å². The first-order valence-electron chi connectivity index (χ1n) is 7.46. The normalized spacial score (nSPS) is 12.4. The summed E-state index contributed by atoms with van der Waals surface area (Å²) in [5.74, 6) is 0.498. The predicted octanol–water partition coefficient (Wildman–Crippen LogP) is 2.15. The quantitative estimate of drug-likeness (QED) is 0.576. The van der Waals surface area contributed by atoms with Gasteiger partial charge in [0.05, 0.1) is 18.8 Å². The summed E-state index contributed by atoms with van der Waals surface area (Å²) < 4.78 is 6.67. The average molecular weight is 323 g/mol. The molecule has 1 heterocycles. The fourth-order valence-electron chi connectivity index (χ4n) is 2.24. The van der Waals surface area contributed by atoms with Crippen molar-refractivity contribution in [1.82, 2.24) is 20.4 Å². The van der Waals surface area contributed by atoms with E-state index in [4.69, 9.17) is 4.74 Å². The van der Waals surface area contributed by atoms with Crippen molar-refractivity contribution in [3.8, 4) is 5.75 Å². The topological polar surface area (TPSA) is 81.4 Å². The Bertz CT molecular complexity index is 870. The molecule has 0 fully saturated rings. The summed E-state index contributed by atoms with van der Waals surface area (Å²) in [4.78, 5) is 12.2. The van der Waals surface area contributed by atoms with E-state index in [1.807, 2.05) is 48.5 Å². The largest absolute Gasteiger partial charge is 0.497 e. The van der Waals surface area contributed by atoms with Gasteiger partial charge in [0.1, 0.15) is 17.3 Å². The highest BCUT2D eigenvalue weighted by Crippen LogP contribution is 2.15. The van der Waals surface area contributed by atoms with E-state index in [1.165, 1.54) is 0 Å². The van der Waals surface area contributed by atoms with Gasteiger partial charge in [0, 0.05) is 0 Å². The first kappa shape index (κ1) is 15.7. The summed E-state index contributed by atoms with van der Waals surface area (Å²) in [6, 6.07) is 14.3. The first-order chi connectivity index (χ1) is 11.7. The van der Waals surface area contributed by atoms with Crippen molar-refractivity contribution in [2.75, 3.05) is 7.11 Å². The maximum atomic E-state index is 12.2. The molecule has 1 aromatic heterocycles. The standard InChI is InChI=1S/C17H17N5O2/c1-12(22-16-6-4-3-5-15(16)19-21-22)17(23)20-18-11-13-7-9-14(24-2)10-8-13/h3-12H,1-2H3,(H,20,23)/t12-/m1/s1. The minimum Gasteiger partial charge on any atom is -0.497 e. The molecule has 122 valence electrons. The number of rotatable bonds is 5. The van der Waals surface area contributed by atoms with E-state index in [0.29, 0.717) is 0 Å². The molecule has 0 unspecified atom stereocenters. The van der Waals surface area contributed by atoms with Crippen molar-refractivity contribution in [3.05, 3.63) is 54.1 Å². The molecule has 0 aliphatic carbocycles. The molecular formula is C17H17N5O2. The third kappa shape index (κ3) is 3.24. The number of para-hydroxylation sites is 1. The molecule has 0 bridgehead atoms. The summed E-state index contributed by atoms with van der Waals surface area (Å²) in [6.45, 7) is 1.75. The summed E-state index contributed by atoms with van der Waals surface area (Å²) in [5, 5.41) is 12.1. The lowest BCUT2D eigenvalue weighted by Gasteiger charge is -2.10. The molecule has 7 nitrogen and oxygen atoms in total. The molecule has 7 heteroatoms. The number of hydrazone groups is 1. The second-order valence-electron chi connectivity index (χ2n) is 5.21. The van der Waals surface area contributed by atoms with E-state index < -0.39 is 6.04 Å². The van der Waals surface area contributed by atoms with Crippen LogP contribution < -0.4 is 10.2 Å². The van der Waals surface area contributed by atoms with Gasteiger partial charge in [-0.05, 0) is 48.9 Å². The molecule has 3 aromatic rings. The lowest BCUT2D eigenvalue weighted by atomic mass is 10.2. The van der Waals surface area contributed by atoms with Gasteiger partial charge in [0.2, 0.25) is 0 Å². The fraction of sp³-hybridized carbons (Fsp3) is 0.176. The Kier molecular flexibility index (Phi) is 4.51. The van der Waals surface area contributed by atoms with Crippen LogP contribution in [0.15, 0.2) is 53.6 Å². The number of carbonyl (C=O) groups is 1. The van der Waals surface area contributed by atoms with Crippen LogP contribution in [-0.2, 0) is 4.79 Å². The summed E-state index contributed by atoms with van der Waals surface area (Å²) in [5.41, 5.74) is 4.93. The lowest BCUT2D eigenvalue weighted by Crippen LogP contribution is -2.28. The van der Waals surface area contributed by atoms with Crippen molar-refractivity contribution in [2.45, 2.75) is 13.0 Å². The molecular weight excluding hydrogens is 306 g/mol. The van der Waals surface area contributed by atoms with Crippen LogP contribution >= 0.6 is 0 Å². The number of nitrogens with one attached hydrogen (secondary N) is 1. The third-order valence-corrected chi connectivity index (χ3v) is 3.63. The van der Waals surface area contributed by atoms with E-state index in [1.54, 1.807) is 24.9 Å². The Labute approximate surface area is 138 Å². The van der Waals surface area contributed by atoms with Gasteiger partial charge in [-0.2, -0.15) is 5.10 Å². The Hall–Kier alpha value is -3.22. The van der Waals surface area contributed by atoms with Gasteiger partial charge in [0.15, 0.2) is 0 Å². The molecule has 0 aliphatic rings. The number of carbonyl (C=O) groups excluding carboxylic acids is 1. The maximum Gasteiger partial charge on any atom is 0.264 e. The minimum atomic E-state index is -0.523. The zero-order valence-corrected chi connectivity index (χ0v) is 13.4. The molecule has 0 saturated heterocycles. The second kappa shape index (κ2) is 6.91. The molecule has 1 N–H and O–H groups in total. The van der Waals surface area contributed by atoms with E-state index in [-0.39, 0.29) is 5.91 Å². The van der Waals surface area contributed by atoms with Crippen molar-refractivity contribution in [1.29, 1.82) is 0 Å². The number of nitrogens with zero attached hydrogens (tertiary/aromatic N) is 4. The van der Waals surface area contributed by atoms with E-state index in [0.717, 1.165) is 22.3 Å². The van der Waals surface area contributed by atoms with Gasteiger partial charge in [-0.25, -0.2) is 10.1 Å². The van der Waals surface area contributed by atoms with Crippen LogP contribution in [0.4, 0.5) is 0 Å². The van der Waals surface area contributed by atoms with E-state index in [9.17, 15) is 4.79 Å². The van der Waals surface area contributed by atoms with Crippen molar-refractivity contribution >= 4 is 23.2 Å². The van der Waals surface area contributed by atoms with E-state index >= 15 is 0 Å². The van der Waals surface area contributed by atoms with Gasteiger partial charge in [-0.1, -0.05) is 17.3 Å². The second-order valence-corrected chi connectivity index (χ2v) is 5.21. The Balaban J connectivity index is 1.66. The van der Waals surface area contributed by atoms with Crippen LogP contribution in [0.5, 0.6) is 5.75 Å². The number of hydrogen-bond acceptors (Lipinski definition) is 5. The monoisotopic (exact) mass is 323 g/mol. The summed E-state index contributed by atoms with van der Waals surface area (Å²) in [7, 11) is 1.61. The number of fused-ring (bicyclic) bond motifs is 1. The van der Waals surface area contributed by atoms with Gasteiger partial charge < -0.3 is 4.74 Å². The smallest absolute Gasteiger partial charge is 0.264 e. The first-order valence-corrected chi connectivity index (χ1v) is 7.46. The van der Waals surface area contributed by atoms with Crippen LogP contribution in [0.1, 0.15) is 18.5 Å². The predicted molar refractivity (Wildman–Crippen MR) is 91.0 cm³/mol. The number of amides is 1. The van der Waals surface area contributed by atoms with Crippen LogP contribution in [0.3, 0.4) is 0 Å². The number of methoxy groups -OCH3 is 1. The molecule has 3 rings (SSSR count). The molecule has 0 saturated carbocycles. The van der Waals surface area contributed by atoms with Crippen molar-refractivity contribution in [3.63, 3.8) is 0 Å². The molecule has 0 spiro atoms. The van der Waals surface area contributed by atoms with Crippen LogP contribution in [0.25, 0.3) is 11.0 Å². The Morgan fingerprint density at radius 1 is 1.25 bits per heavy atom. The number of ether oxygens (including phenoxy) is 1. The van der Waals surface area contributed by atoms with Gasteiger partial charge in [0.25, 0.3) is 5.91 Å². The molecule has 0 radical (unpaired) electrons. The maximum absolute atomic E-state index is 12.2. The molecule has 24 heavy (non-hydrogen) atoms. The van der Waals surface area contributed by atoms with Crippen LogP contribution in [0.2, 0.25) is 0 Å². The third-order valence-electron chi connectivity index (χ3n) is 3.63. The highest BCUT2D eigenvalue weighted by atomic mass is 16.5.